The van der Waals surface area contributed by atoms with E-state index in [2.05, 4.69) is 10.3 Å². The highest BCUT2D eigenvalue weighted by Gasteiger charge is 2.33. The fourth-order valence-electron chi connectivity index (χ4n) is 3.58. The molecule has 0 saturated carbocycles. The Morgan fingerprint density at radius 3 is 2.71 bits per heavy atom. The van der Waals surface area contributed by atoms with E-state index in [9.17, 15) is 18.0 Å². The van der Waals surface area contributed by atoms with Crippen molar-refractivity contribution in [3.63, 3.8) is 0 Å². The summed E-state index contributed by atoms with van der Waals surface area (Å²) in [4.78, 5) is 20.0. The van der Waals surface area contributed by atoms with Crippen LogP contribution in [-0.4, -0.2) is 80.8 Å². The third-order valence-corrected chi connectivity index (χ3v) is 5.33. The number of carbonyl (C=O) groups excluding carboxylic acids is 1. The predicted molar refractivity (Wildman–Crippen MR) is 110 cm³/mol. The van der Waals surface area contributed by atoms with Crippen LogP contribution in [0.25, 0.3) is 0 Å². The number of amides is 1. The van der Waals surface area contributed by atoms with Crippen LogP contribution in [0.2, 0.25) is 0 Å². The van der Waals surface area contributed by atoms with Gasteiger partial charge in [-0.1, -0.05) is 12.1 Å². The molecular weight excluding hydrogens is 413 g/mol. The van der Waals surface area contributed by atoms with Gasteiger partial charge < -0.3 is 24.6 Å². The van der Waals surface area contributed by atoms with Gasteiger partial charge in [0.25, 0.3) is 0 Å². The molecule has 31 heavy (non-hydrogen) atoms. The maximum Gasteiger partial charge on any atom is 0.416 e. The average Bonchev–Trinajstić information content (AvgIpc) is 3.28. The zero-order valence-corrected chi connectivity index (χ0v) is 17.8. The van der Waals surface area contributed by atoms with Crippen LogP contribution in [0.4, 0.5) is 13.2 Å². The smallest absolute Gasteiger partial charge is 0.375 e. The highest BCUT2D eigenvalue weighted by molar-refractivity contribution is 5.86. The average molecular weight is 442 g/mol. The Bertz CT molecular complexity index is 779. The van der Waals surface area contributed by atoms with Crippen molar-refractivity contribution in [3.05, 3.63) is 35.4 Å². The molecule has 2 atom stereocenters. The minimum Gasteiger partial charge on any atom is -0.375 e. The number of halogens is 3. The summed E-state index contributed by atoms with van der Waals surface area (Å²) in [6.07, 6.45) is -2.56. The fourth-order valence-corrected chi connectivity index (χ4v) is 3.58. The van der Waals surface area contributed by atoms with Gasteiger partial charge in [-0.2, -0.15) is 13.2 Å². The molecule has 0 aliphatic carbocycles. The number of ether oxygens (including phenoxy) is 2. The molecule has 10 heteroatoms. The number of hydrogen-bond acceptors (Lipinski definition) is 4. The van der Waals surface area contributed by atoms with Crippen LogP contribution in [0.15, 0.2) is 29.3 Å². The van der Waals surface area contributed by atoms with E-state index in [0.29, 0.717) is 31.2 Å². The molecule has 2 fully saturated rings. The van der Waals surface area contributed by atoms with E-state index in [1.54, 1.807) is 20.2 Å². The molecule has 2 heterocycles. The normalized spacial score (nSPS) is 22.5. The molecule has 1 aromatic carbocycles. The lowest BCUT2D eigenvalue weighted by atomic mass is 10.1. The number of morpholine rings is 1. The van der Waals surface area contributed by atoms with Gasteiger partial charge in [-0.15, -0.1) is 0 Å². The highest BCUT2D eigenvalue weighted by atomic mass is 19.4. The molecule has 3 rings (SSSR count). The molecule has 1 aromatic rings. The van der Waals surface area contributed by atoms with Crippen molar-refractivity contribution < 1.29 is 27.4 Å². The van der Waals surface area contributed by atoms with Crippen LogP contribution < -0.4 is 5.32 Å². The summed E-state index contributed by atoms with van der Waals surface area (Å²) in [5, 5.41) is 3.06. The minimum absolute atomic E-state index is 0.0240. The molecule has 0 bridgehead atoms. The lowest BCUT2D eigenvalue weighted by Crippen LogP contribution is -2.54. The largest absolute Gasteiger partial charge is 0.416 e. The third-order valence-electron chi connectivity index (χ3n) is 5.33. The highest BCUT2D eigenvalue weighted by Crippen LogP contribution is 2.29. The Hall–Kier alpha value is -2.33. The Morgan fingerprint density at radius 1 is 1.26 bits per heavy atom. The van der Waals surface area contributed by atoms with Crippen molar-refractivity contribution in [1.82, 2.24) is 15.1 Å². The van der Waals surface area contributed by atoms with Crippen molar-refractivity contribution >= 4 is 11.9 Å². The first-order valence-electron chi connectivity index (χ1n) is 10.4. The molecule has 0 spiro atoms. The molecular formula is C21H29F3N4O3. The summed E-state index contributed by atoms with van der Waals surface area (Å²) in [5.74, 6) is 0.342. The standard InChI is InChI=1S/C21H29F3N4O3/c1-27(2)19(29)13-26-20(25-12-15-5-3-6-16(11-15)21(22,23)24)28-8-10-31-18(14-28)17-7-4-9-30-17/h3,5-6,11,17-18H,4,7-10,12-14H2,1-2H3,(H,25,26). The second-order valence-electron chi connectivity index (χ2n) is 7.89. The van der Waals surface area contributed by atoms with Gasteiger partial charge in [0, 0.05) is 33.8 Å². The number of carbonyl (C=O) groups is 1. The molecule has 2 aliphatic rings. The van der Waals surface area contributed by atoms with Gasteiger partial charge in [0.15, 0.2) is 5.96 Å². The van der Waals surface area contributed by atoms with E-state index in [1.807, 2.05) is 4.90 Å². The quantitative estimate of drug-likeness (QED) is 0.559. The van der Waals surface area contributed by atoms with Crippen LogP contribution in [0, 0.1) is 0 Å². The van der Waals surface area contributed by atoms with Crippen LogP contribution in [-0.2, 0) is 27.0 Å². The van der Waals surface area contributed by atoms with E-state index in [-0.39, 0.29) is 31.2 Å². The van der Waals surface area contributed by atoms with Gasteiger partial charge >= 0.3 is 6.18 Å². The van der Waals surface area contributed by atoms with Gasteiger partial charge in [-0.25, -0.2) is 4.99 Å². The van der Waals surface area contributed by atoms with Crippen LogP contribution >= 0.6 is 0 Å². The van der Waals surface area contributed by atoms with Gasteiger partial charge in [0.1, 0.15) is 6.10 Å². The fraction of sp³-hybridized carbons (Fsp3) is 0.619. The number of alkyl halides is 3. The summed E-state index contributed by atoms with van der Waals surface area (Å²) in [6, 6.07) is 5.12. The van der Waals surface area contributed by atoms with Crippen molar-refractivity contribution in [3.8, 4) is 0 Å². The van der Waals surface area contributed by atoms with E-state index >= 15 is 0 Å². The lowest BCUT2D eigenvalue weighted by molar-refractivity contribution is -0.137. The lowest BCUT2D eigenvalue weighted by Gasteiger charge is -2.37. The number of benzene rings is 1. The molecule has 172 valence electrons. The molecule has 2 unspecified atom stereocenters. The SMILES string of the molecule is CN(C)C(=O)CNC(=NCc1cccc(C(F)(F)F)c1)N1CCOC(C2CCCO2)C1. The summed E-state index contributed by atoms with van der Waals surface area (Å²) in [6.45, 7) is 2.40. The van der Waals surface area contributed by atoms with E-state index < -0.39 is 11.7 Å². The summed E-state index contributed by atoms with van der Waals surface area (Å²) < 4.78 is 50.6. The number of likely N-dealkylation sites (N-methyl/N-ethyl adjacent to an activating group) is 1. The van der Waals surface area contributed by atoms with E-state index in [1.165, 1.54) is 11.0 Å². The molecule has 2 aliphatic heterocycles. The Kier molecular flexibility index (Phi) is 7.77. The zero-order chi connectivity index (χ0) is 22.4. The predicted octanol–water partition coefficient (Wildman–Crippen LogP) is 2.12. The summed E-state index contributed by atoms with van der Waals surface area (Å²) in [7, 11) is 3.32. The van der Waals surface area contributed by atoms with Gasteiger partial charge in [-0.05, 0) is 30.5 Å². The number of guanidine groups is 1. The van der Waals surface area contributed by atoms with Crippen molar-refractivity contribution in [2.24, 2.45) is 4.99 Å². The van der Waals surface area contributed by atoms with Crippen molar-refractivity contribution in [1.29, 1.82) is 0 Å². The van der Waals surface area contributed by atoms with E-state index in [0.717, 1.165) is 31.6 Å². The number of aliphatic imine (C=N–C) groups is 1. The van der Waals surface area contributed by atoms with Crippen LogP contribution in [0.3, 0.4) is 0 Å². The third kappa shape index (κ3) is 6.57. The monoisotopic (exact) mass is 442 g/mol. The molecule has 1 N–H and O–H groups in total. The van der Waals surface area contributed by atoms with Crippen molar-refractivity contribution in [2.75, 3.05) is 46.9 Å². The molecule has 2 saturated heterocycles. The first-order valence-corrected chi connectivity index (χ1v) is 10.4. The van der Waals surface area contributed by atoms with Crippen molar-refractivity contribution in [2.45, 2.75) is 37.8 Å². The summed E-state index contributed by atoms with van der Waals surface area (Å²) >= 11 is 0. The maximum atomic E-state index is 13.0. The Balaban J connectivity index is 1.74. The Labute approximate surface area is 180 Å². The number of nitrogens with one attached hydrogen (secondary N) is 1. The zero-order valence-electron chi connectivity index (χ0n) is 17.8. The topological polar surface area (TPSA) is 66.4 Å². The van der Waals surface area contributed by atoms with E-state index in [4.69, 9.17) is 9.47 Å². The second kappa shape index (κ2) is 10.3. The second-order valence-corrected chi connectivity index (χ2v) is 7.89. The van der Waals surface area contributed by atoms with Crippen LogP contribution in [0.1, 0.15) is 24.0 Å². The maximum absolute atomic E-state index is 13.0. The molecule has 0 aromatic heterocycles. The number of nitrogens with zero attached hydrogens (tertiary/aromatic N) is 3. The van der Waals surface area contributed by atoms with Gasteiger partial charge in [-0.3, -0.25) is 4.79 Å². The van der Waals surface area contributed by atoms with Gasteiger partial charge in [0.05, 0.1) is 31.4 Å². The van der Waals surface area contributed by atoms with Crippen LogP contribution in [0.5, 0.6) is 0 Å². The summed E-state index contributed by atoms with van der Waals surface area (Å²) in [5.41, 5.74) is -0.265. The first-order chi connectivity index (χ1) is 14.7. The number of hydrogen-bond donors (Lipinski definition) is 1. The molecule has 0 radical (unpaired) electrons. The van der Waals surface area contributed by atoms with Gasteiger partial charge in [0.2, 0.25) is 5.91 Å². The Morgan fingerprint density at radius 2 is 2.03 bits per heavy atom. The molecule has 1 amide bonds. The first kappa shape index (κ1) is 23.3. The molecule has 7 nitrogen and oxygen atoms in total. The number of rotatable bonds is 5. The minimum atomic E-state index is -4.41.